The second kappa shape index (κ2) is 2.34. The standard InChI is InChI=1S/C8H10Br2/c9-7(10)5-8(3-4-8)6-1-2-6/h5-6H,1-4H2. The lowest BCUT2D eigenvalue weighted by Crippen LogP contribution is -1.96. The lowest BCUT2D eigenvalue weighted by atomic mass is 10.0. The zero-order valence-electron chi connectivity index (χ0n) is 5.74. The van der Waals surface area contributed by atoms with Crippen LogP contribution < -0.4 is 0 Å². The summed E-state index contributed by atoms with van der Waals surface area (Å²) in [5.41, 5.74) is 0.627. The lowest BCUT2D eigenvalue weighted by molar-refractivity contribution is 0.558. The molecule has 0 unspecified atom stereocenters. The first kappa shape index (κ1) is 7.35. The van der Waals surface area contributed by atoms with Gasteiger partial charge in [-0.3, -0.25) is 0 Å². The zero-order chi connectivity index (χ0) is 7.19. The van der Waals surface area contributed by atoms with E-state index < -0.39 is 0 Å². The first-order valence-electron chi connectivity index (χ1n) is 3.77. The van der Waals surface area contributed by atoms with Crippen LogP contribution in [0.15, 0.2) is 9.47 Å². The van der Waals surface area contributed by atoms with Crippen LogP contribution in [0.25, 0.3) is 0 Å². The predicted octanol–water partition coefficient (Wildman–Crippen LogP) is 3.81. The molecular weight excluding hydrogens is 256 g/mol. The highest BCUT2D eigenvalue weighted by molar-refractivity contribution is 9.28. The third-order valence-corrected chi connectivity index (χ3v) is 3.07. The molecule has 0 bridgehead atoms. The van der Waals surface area contributed by atoms with E-state index in [1.807, 2.05) is 0 Å². The molecule has 0 amide bonds. The molecule has 0 aromatic carbocycles. The molecule has 0 aromatic heterocycles. The highest BCUT2D eigenvalue weighted by Gasteiger charge is 2.52. The van der Waals surface area contributed by atoms with E-state index in [0.717, 1.165) is 9.31 Å². The van der Waals surface area contributed by atoms with Gasteiger partial charge in [-0.1, -0.05) is 6.08 Å². The molecule has 0 spiro atoms. The molecule has 2 aliphatic carbocycles. The lowest BCUT2D eigenvalue weighted by Gasteiger charge is -2.05. The van der Waals surface area contributed by atoms with Crippen LogP contribution in [0.5, 0.6) is 0 Å². The third kappa shape index (κ3) is 1.33. The van der Waals surface area contributed by atoms with E-state index in [0.29, 0.717) is 5.41 Å². The number of rotatable bonds is 2. The molecule has 0 aromatic rings. The second-order valence-corrected chi connectivity index (χ2v) is 6.21. The van der Waals surface area contributed by atoms with Crippen molar-refractivity contribution in [1.29, 1.82) is 0 Å². The molecule has 0 heterocycles. The van der Waals surface area contributed by atoms with Crippen LogP contribution in [0.3, 0.4) is 0 Å². The van der Waals surface area contributed by atoms with Gasteiger partial charge in [0.15, 0.2) is 0 Å². The van der Waals surface area contributed by atoms with E-state index in [9.17, 15) is 0 Å². The molecule has 0 nitrogen and oxygen atoms in total. The van der Waals surface area contributed by atoms with Crippen molar-refractivity contribution < 1.29 is 0 Å². The molecular formula is C8H10Br2. The Labute approximate surface area is 78.3 Å². The summed E-state index contributed by atoms with van der Waals surface area (Å²) in [5.74, 6) is 1.03. The van der Waals surface area contributed by atoms with Crippen LogP contribution in [-0.4, -0.2) is 0 Å². The minimum atomic E-state index is 0.627. The minimum Gasteiger partial charge on any atom is -0.0567 e. The largest absolute Gasteiger partial charge is 0.0570 e. The molecule has 10 heavy (non-hydrogen) atoms. The summed E-state index contributed by atoms with van der Waals surface area (Å²) in [6.45, 7) is 0. The summed E-state index contributed by atoms with van der Waals surface area (Å²) in [7, 11) is 0. The minimum absolute atomic E-state index is 0.627. The highest BCUT2D eigenvalue weighted by atomic mass is 79.9. The third-order valence-electron chi connectivity index (χ3n) is 2.61. The van der Waals surface area contributed by atoms with Crippen molar-refractivity contribution in [3.8, 4) is 0 Å². The van der Waals surface area contributed by atoms with Gasteiger partial charge in [0.1, 0.15) is 0 Å². The molecule has 0 N–H and O–H groups in total. The predicted molar refractivity (Wildman–Crippen MR) is 50.3 cm³/mol. The molecule has 0 saturated heterocycles. The molecule has 56 valence electrons. The maximum Gasteiger partial charge on any atom is 0.0570 e. The van der Waals surface area contributed by atoms with Crippen LogP contribution in [-0.2, 0) is 0 Å². The molecule has 0 atom stereocenters. The smallest absolute Gasteiger partial charge is 0.0567 e. The van der Waals surface area contributed by atoms with Crippen molar-refractivity contribution in [2.45, 2.75) is 25.7 Å². The fraction of sp³-hybridized carbons (Fsp3) is 0.750. The highest BCUT2D eigenvalue weighted by Crippen LogP contribution is 2.63. The Morgan fingerprint density at radius 1 is 1.30 bits per heavy atom. The first-order chi connectivity index (χ1) is 4.73. The first-order valence-corrected chi connectivity index (χ1v) is 5.35. The normalized spacial score (nSPS) is 27.8. The van der Waals surface area contributed by atoms with Gasteiger partial charge in [0.2, 0.25) is 0 Å². The van der Waals surface area contributed by atoms with Gasteiger partial charge in [-0.25, -0.2) is 0 Å². The summed E-state index contributed by atoms with van der Waals surface area (Å²) in [6, 6.07) is 0. The van der Waals surface area contributed by atoms with Crippen LogP contribution >= 0.6 is 31.9 Å². The number of allylic oxidation sites excluding steroid dienone is 1. The molecule has 0 radical (unpaired) electrons. The van der Waals surface area contributed by atoms with Gasteiger partial charge < -0.3 is 0 Å². The number of halogens is 2. The van der Waals surface area contributed by atoms with Gasteiger partial charge in [0.05, 0.1) is 3.39 Å². The van der Waals surface area contributed by atoms with Crippen molar-refractivity contribution in [2.75, 3.05) is 0 Å². The van der Waals surface area contributed by atoms with Crippen molar-refractivity contribution in [1.82, 2.24) is 0 Å². The molecule has 2 fully saturated rings. The van der Waals surface area contributed by atoms with Gasteiger partial charge in [-0.15, -0.1) is 0 Å². The number of hydrogen-bond donors (Lipinski definition) is 0. The maximum atomic E-state index is 3.42. The fourth-order valence-electron chi connectivity index (χ4n) is 1.69. The second-order valence-electron chi connectivity index (χ2n) is 3.44. The van der Waals surface area contributed by atoms with Crippen LogP contribution in [0.4, 0.5) is 0 Å². The van der Waals surface area contributed by atoms with Crippen molar-refractivity contribution in [3.63, 3.8) is 0 Å². The van der Waals surface area contributed by atoms with Crippen molar-refractivity contribution >= 4 is 31.9 Å². The molecule has 0 aliphatic heterocycles. The Bertz CT molecular complexity index is 172. The van der Waals surface area contributed by atoms with E-state index >= 15 is 0 Å². The summed E-state index contributed by atoms with van der Waals surface area (Å²) in [5, 5.41) is 0. The molecule has 2 rings (SSSR count). The Morgan fingerprint density at radius 2 is 1.90 bits per heavy atom. The summed E-state index contributed by atoms with van der Waals surface area (Å²) in [6.07, 6.45) is 8.11. The van der Waals surface area contributed by atoms with Crippen molar-refractivity contribution in [2.24, 2.45) is 11.3 Å². The average Bonchev–Trinajstić information content (AvgIpc) is 2.55. The topological polar surface area (TPSA) is 0 Å². The van der Waals surface area contributed by atoms with E-state index in [-0.39, 0.29) is 0 Å². The quantitative estimate of drug-likeness (QED) is 0.712. The van der Waals surface area contributed by atoms with Gasteiger partial charge in [-0.2, -0.15) is 0 Å². The van der Waals surface area contributed by atoms with Crippen LogP contribution in [0.1, 0.15) is 25.7 Å². The zero-order valence-corrected chi connectivity index (χ0v) is 8.91. The Morgan fingerprint density at radius 3 is 2.20 bits per heavy atom. The average molecular weight is 266 g/mol. The van der Waals surface area contributed by atoms with E-state index in [2.05, 4.69) is 37.9 Å². The summed E-state index contributed by atoms with van der Waals surface area (Å²) < 4.78 is 1.14. The SMILES string of the molecule is BrC(Br)=CC1(C2CC2)CC1. The number of hydrogen-bond acceptors (Lipinski definition) is 0. The van der Waals surface area contributed by atoms with Gasteiger partial charge >= 0.3 is 0 Å². The van der Waals surface area contributed by atoms with Crippen molar-refractivity contribution in [3.05, 3.63) is 9.47 Å². The van der Waals surface area contributed by atoms with Crippen LogP contribution in [0, 0.1) is 11.3 Å². The van der Waals surface area contributed by atoms with E-state index in [1.165, 1.54) is 25.7 Å². The maximum absolute atomic E-state index is 3.42. The molecule has 2 saturated carbocycles. The Kier molecular flexibility index (Phi) is 1.72. The van der Waals surface area contributed by atoms with Gasteiger partial charge in [0, 0.05) is 0 Å². The van der Waals surface area contributed by atoms with E-state index in [1.54, 1.807) is 0 Å². The van der Waals surface area contributed by atoms with Gasteiger partial charge in [0.25, 0.3) is 0 Å². The molecule has 2 heteroatoms. The Balaban J connectivity index is 2.07. The Hall–Kier alpha value is 0.700. The van der Waals surface area contributed by atoms with Crippen LogP contribution in [0.2, 0.25) is 0 Å². The molecule has 2 aliphatic rings. The fourth-order valence-corrected chi connectivity index (χ4v) is 2.60. The summed E-state index contributed by atoms with van der Waals surface area (Å²) in [4.78, 5) is 0. The summed E-state index contributed by atoms with van der Waals surface area (Å²) >= 11 is 6.85. The van der Waals surface area contributed by atoms with E-state index in [4.69, 9.17) is 0 Å². The monoisotopic (exact) mass is 264 g/mol. The van der Waals surface area contributed by atoms with Gasteiger partial charge in [-0.05, 0) is 68.9 Å².